The first-order valence-corrected chi connectivity index (χ1v) is 8.94. The third-order valence-electron chi connectivity index (χ3n) is 3.38. The second-order valence-corrected chi connectivity index (χ2v) is 8.50. The maximum absolute atomic E-state index is 11.8. The summed E-state index contributed by atoms with van der Waals surface area (Å²) in [5.74, 6) is 0.706. The molecule has 0 atom stereocenters. The first-order valence-electron chi connectivity index (χ1n) is 7.50. The van der Waals surface area contributed by atoms with Gasteiger partial charge in [0, 0.05) is 19.8 Å². The van der Waals surface area contributed by atoms with Crippen molar-refractivity contribution < 1.29 is 8.42 Å². The second kappa shape index (κ2) is 6.74. The lowest BCUT2D eigenvalue weighted by Gasteiger charge is -2.23. The van der Waals surface area contributed by atoms with Crippen LogP contribution in [0.3, 0.4) is 0 Å². The molecule has 0 aliphatic heterocycles. The van der Waals surface area contributed by atoms with Crippen LogP contribution in [0.15, 0.2) is 36.4 Å². The molecule has 1 aromatic carbocycles. The fraction of sp³-hybridized carbons (Fsp3) is 0.375. The fourth-order valence-electron chi connectivity index (χ4n) is 2.06. The Morgan fingerprint density at radius 1 is 0.958 bits per heavy atom. The van der Waals surface area contributed by atoms with E-state index in [0.717, 1.165) is 15.6 Å². The number of hydrogen-bond donors (Lipinski definition) is 2. The van der Waals surface area contributed by atoms with E-state index in [9.17, 15) is 8.42 Å². The van der Waals surface area contributed by atoms with Crippen LogP contribution in [0.25, 0.3) is 0 Å². The predicted molar refractivity (Wildman–Crippen MR) is 96.7 cm³/mol. The summed E-state index contributed by atoms with van der Waals surface area (Å²) in [6.45, 7) is 6.41. The first kappa shape index (κ1) is 18.2. The summed E-state index contributed by atoms with van der Waals surface area (Å²) in [5, 5.41) is 11.2. The Morgan fingerprint density at radius 3 is 2.08 bits per heavy atom. The second-order valence-electron chi connectivity index (χ2n) is 6.61. The Hall–Kier alpha value is -2.19. The molecular weight excluding hydrogens is 326 g/mol. The van der Waals surface area contributed by atoms with E-state index < -0.39 is 10.2 Å². The van der Waals surface area contributed by atoms with Crippen molar-refractivity contribution in [2.45, 2.75) is 26.2 Å². The number of para-hydroxylation sites is 1. The number of nitrogens with zero attached hydrogens (tertiary/aromatic N) is 3. The van der Waals surface area contributed by atoms with Gasteiger partial charge in [0.1, 0.15) is 0 Å². The lowest BCUT2D eigenvalue weighted by molar-refractivity contribution is 0.526. The van der Waals surface area contributed by atoms with Crippen molar-refractivity contribution in [3.8, 4) is 0 Å². The molecule has 0 amide bonds. The molecule has 0 fully saturated rings. The molecule has 1 aromatic heterocycles. The van der Waals surface area contributed by atoms with Crippen molar-refractivity contribution >= 4 is 27.5 Å². The first-order chi connectivity index (χ1) is 11.1. The number of rotatable bonds is 5. The monoisotopic (exact) mass is 349 g/mol. The molecule has 0 radical (unpaired) electrons. The molecule has 0 saturated heterocycles. The highest BCUT2D eigenvalue weighted by Crippen LogP contribution is 2.30. The SMILES string of the molecule is CN(C)S(=O)(=O)Nc1ccc(Nc2ccccc2C(C)(C)C)nn1. The quantitative estimate of drug-likeness (QED) is 0.867. The molecule has 0 unspecified atom stereocenters. The van der Waals surface area contributed by atoms with Crippen LogP contribution >= 0.6 is 0 Å². The standard InChI is InChI=1S/C16H23N5O2S/c1-16(2,3)12-8-6-7-9-13(12)17-14-10-11-15(19-18-14)20-24(22,23)21(4)5/h6-11H,1-5H3,(H,17,18)(H,19,20). The van der Waals surface area contributed by atoms with Crippen LogP contribution < -0.4 is 10.0 Å². The normalized spacial score (nSPS) is 12.2. The summed E-state index contributed by atoms with van der Waals surface area (Å²) in [5.41, 5.74) is 2.09. The zero-order chi connectivity index (χ0) is 18.0. The molecule has 1 heterocycles. The Labute approximate surface area is 143 Å². The van der Waals surface area contributed by atoms with Crippen molar-refractivity contribution in [1.82, 2.24) is 14.5 Å². The summed E-state index contributed by atoms with van der Waals surface area (Å²) in [7, 11) is -0.709. The summed E-state index contributed by atoms with van der Waals surface area (Å²) in [6, 6.07) is 11.2. The van der Waals surface area contributed by atoms with Crippen molar-refractivity contribution in [2.75, 3.05) is 24.1 Å². The maximum Gasteiger partial charge on any atom is 0.302 e. The highest BCUT2D eigenvalue weighted by molar-refractivity contribution is 7.90. The van der Waals surface area contributed by atoms with Gasteiger partial charge >= 0.3 is 10.2 Å². The van der Waals surface area contributed by atoms with Crippen LogP contribution in [0.4, 0.5) is 17.3 Å². The van der Waals surface area contributed by atoms with Crippen molar-refractivity contribution in [2.24, 2.45) is 0 Å². The van der Waals surface area contributed by atoms with Gasteiger partial charge in [0.25, 0.3) is 0 Å². The number of anilines is 3. The summed E-state index contributed by atoms with van der Waals surface area (Å²) in [6.07, 6.45) is 0. The van der Waals surface area contributed by atoms with E-state index in [1.807, 2.05) is 18.2 Å². The molecule has 8 heteroatoms. The minimum Gasteiger partial charge on any atom is -0.338 e. The van der Waals surface area contributed by atoms with Crippen molar-refractivity contribution in [3.63, 3.8) is 0 Å². The summed E-state index contributed by atoms with van der Waals surface area (Å²) >= 11 is 0. The molecule has 2 aromatic rings. The molecular formula is C16H23N5O2S. The van der Waals surface area contributed by atoms with Gasteiger partial charge in [0.15, 0.2) is 11.6 Å². The number of benzene rings is 1. The molecule has 0 aliphatic carbocycles. The van der Waals surface area contributed by atoms with Gasteiger partial charge in [-0.25, -0.2) is 0 Å². The fourth-order valence-corrected chi connectivity index (χ4v) is 2.62. The van der Waals surface area contributed by atoms with Gasteiger partial charge < -0.3 is 5.32 Å². The molecule has 0 saturated carbocycles. The highest BCUT2D eigenvalue weighted by Gasteiger charge is 2.18. The largest absolute Gasteiger partial charge is 0.338 e. The average molecular weight is 349 g/mol. The lowest BCUT2D eigenvalue weighted by Crippen LogP contribution is -2.29. The average Bonchev–Trinajstić information content (AvgIpc) is 2.48. The van der Waals surface area contributed by atoms with Crippen LogP contribution in [0.5, 0.6) is 0 Å². The number of nitrogens with one attached hydrogen (secondary N) is 2. The van der Waals surface area contributed by atoms with Gasteiger partial charge in [-0.1, -0.05) is 39.0 Å². The molecule has 0 bridgehead atoms. The van der Waals surface area contributed by atoms with Crippen LogP contribution in [0.1, 0.15) is 26.3 Å². The molecule has 0 spiro atoms. The summed E-state index contributed by atoms with van der Waals surface area (Å²) in [4.78, 5) is 0. The summed E-state index contributed by atoms with van der Waals surface area (Å²) < 4.78 is 26.9. The molecule has 24 heavy (non-hydrogen) atoms. The molecule has 7 nitrogen and oxygen atoms in total. The van der Waals surface area contributed by atoms with Crippen molar-refractivity contribution in [1.29, 1.82) is 0 Å². The predicted octanol–water partition coefficient (Wildman–Crippen LogP) is 2.74. The van der Waals surface area contributed by atoms with Gasteiger partial charge in [-0.2, -0.15) is 12.7 Å². The van der Waals surface area contributed by atoms with Gasteiger partial charge in [0.2, 0.25) is 0 Å². The van der Waals surface area contributed by atoms with Crippen LogP contribution in [0, 0.1) is 0 Å². The van der Waals surface area contributed by atoms with Crippen LogP contribution in [-0.4, -0.2) is 37.0 Å². The van der Waals surface area contributed by atoms with Crippen molar-refractivity contribution in [3.05, 3.63) is 42.0 Å². The van der Waals surface area contributed by atoms with E-state index in [1.54, 1.807) is 12.1 Å². The molecule has 130 valence electrons. The third-order valence-corrected chi connectivity index (χ3v) is 4.81. The Morgan fingerprint density at radius 2 is 1.54 bits per heavy atom. The van der Waals surface area contributed by atoms with E-state index in [2.05, 4.69) is 47.1 Å². The Balaban J connectivity index is 2.19. The number of aromatic nitrogens is 2. The third kappa shape index (κ3) is 4.42. The van der Waals surface area contributed by atoms with E-state index in [1.165, 1.54) is 14.1 Å². The zero-order valence-corrected chi connectivity index (χ0v) is 15.3. The van der Waals surface area contributed by atoms with E-state index in [4.69, 9.17) is 0 Å². The maximum atomic E-state index is 11.8. The lowest BCUT2D eigenvalue weighted by atomic mass is 9.86. The minimum atomic E-state index is -3.59. The minimum absolute atomic E-state index is 0.0156. The Bertz CT molecular complexity index is 796. The van der Waals surface area contributed by atoms with E-state index in [-0.39, 0.29) is 11.2 Å². The zero-order valence-electron chi connectivity index (χ0n) is 14.5. The van der Waals surface area contributed by atoms with E-state index >= 15 is 0 Å². The van der Waals surface area contributed by atoms with Gasteiger partial charge in [-0.15, -0.1) is 10.2 Å². The van der Waals surface area contributed by atoms with Gasteiger partial charge in [0.05, 0.1) is 0 Å². The topological polar surface area (TPSA) is 87.2 Å². The van der Waals surface area contributed by atoms with E-state index in [0.29, 0.717) is 5.82 Å². The molecule has 0 aliphatic rings. The smallest absolute Gasteiger partial charge is 0.302 e. The van der Waals surface area contributed by atoms with Gasteiger partial charge in [-0.05, 0) is 29.2 Å². The highest BCUT2D eigenvalue weighted by atomic mass is 32.2. The van der Waals surface area contributed by atoms with Crippen LogP contribution in [-0.2, 0) is 15.6 Å². The molecule has 2 rings (SSSR count). The van der Waals surface area contributed by atoms with Crippen LogP contribution in [0.2, 0.25) is 0 Å². The Kier molecular flexibility index (Phi) is 5.10. The van der Waals surface area contributed by atoms with Gasteiger partial charge in [-0.3, -0.25) is 4.72 Å². The number of hydrogen-bond acceptors (Lipinski definition) is 5. The molecule has 2 N–H and O–H groups in total.